The minimum absolute atomic E-state index is 0.520. The second-order valence-corrected chi connectivity index (χ2v) is 6.28. The predicted molar refractivity (Wildman–Crippen MR) is 100 cm³/mol. The van der Waals surface area contributed by atoms with Crippen LogP contribution in [0.25, 0.3) is 11.1 Å². The molecule has 5 heteroatoms. The first-order chi connectivity index (χ1) is 12.3. The van der Waals surface area contributed by atoms with E-state index in [0.717, 1.165) is 48.6 Å². The number of benzene rings is 1. The molecule has 0 saturated carbocycles. The molecule has 2 aromatic heterocycles. The molecule has 0 spiro atoms. The standard InChI is InChI=1S/C20H21N5/c1-2-17-19(15-7-8-18(21)22-11-15)20(24-13-23-17)25-10-9-14-5-3-4-6-16(14)12-25/h3-8,11,13H,2,9-10,12H2,1H3,(H2,21,22). The minimum atomic E-state index is 0.520. The van der Waals surface area contributed by atoms with Crippen LogP contribution >= 0.6 is 0 Å². The number of aryl methyl sites for hydroxylation is 1. The van der Waals surface area contributed by atoms with Crippen LogP contribution in [-0.4, -0.2) is 21.5 Å². The zero-order valence-corrected chi connectivity index (χ0v) is 14.3. The van der Waals surface area contributed by atoms with Crippen molar-refractivity contribution in [2.75, 3.05) is 17.2 Å². The van der Waals surface area contributed by atoms with Crippen LogP contribution < -0.4 is 10.6 Å². The van der Waals surface area contributed by atoms with Gasteiger partial charge >= 0.3 is 0 Å². The van der Waals surface area contributed by atoms with Gasteiger partial charge in [0.15, 0.2) is 0 Å². The predicted octanol–water partition coefficient (Wildman–Crippen LogP) is 3.25. The van der Waals surface area contributed by atoms with E-state index in [2.05, 4.69) is 51.0 Å². The van der Waals surface area contributed by atoms with Gasteiger partial charge in [0.25, 0.3) is 0 Å². The molecule has 0 fully saturated rings. The third-order valence-electron chi connectivity index (χ3n) is 4.75. The second-order valence-electron chi connectivity index (χ2n) is 6.28. The normalized spacial score (nSPS) is 13.6. The van der Waals surface area contributed by atoms with Crippen LogP contribution in [0.5, 0.6) is 0 Å². The van der Waals surface area contributed by atoms with Crippen molar-refractivity contribution in [2.45, 2.75) is 26.3 Å². The third-order valence-corrected chi connectivity index (χ3v) is 4.75. The molecule has 126 valence electrons. The van der Waals surface area contributed by atoms with Crippen molar-refractivity contribution in [3.63, 3.8) is 0 Å². The van der Waals surface area contributed by atoms with Gasteiger partial charge in [0.1, 0.15) is 18.0 Å². The lowest BCUT2D eigenvalue weighted by Crippen LogP contribution is -2.31. The molecule has 4 rings (SSSR count). The van der Waals surface area contributed by atoms with Gasteiger partial charge in [0.05, 0.1) is 5.69 Å². The van der Waals surface area contributed by atoms with Crippen molar-refractivity contribution in [3.05, 3.63) is 65.7 Å². The van der Waals surface area contributed by atoms with Crippen LogP contribution in [0.2, 0.25) is 0 Å². The fourth-order valence-corrected chi connectivity index (χ4v) is 3.44. The molecule has 0 amide bonds. The topological polar surface area (TPSA) is 67.9 Å². The molecule has 3 aromatic rings. The van der Waals surface area contributed by atoms with Crippen molar-refractivity contribution in [2.24, 2.45) is 0 Å². The van der Waals surface area contributed by atoms with Gasteiger partial charge in [-0.15, -0.1) is 0 Å². The lowest BCUT2D eigenvalue weighted by atomic mass is 9.98. The summed E-state index contributed by atoms with van der Waals surface area (Å²) in [7, 11) is 0. The van der Waals surface area contributed by atoms with E-state index in [-0.39, 0.29) is 0 Å². The van der Waals surface area contributed by atoms with Crippen molar-refractivity contribution in [1.82, 2.24) is 15.0 Å². The summed E-state index contributed by atoms with van der Waals surface area (Å²) in [6.45, 7) is 3.93. The minimum Gasteiger partial charge on any atom is -0.384 e. The van der Waals surface area contributed by atoms with Crippen LogP contribution in [0, 0.1) is 0 Å². The van der Waals surface area contributed by atoms with E-state index in [1.807, 2.05) is 18.3 Å². The van der Waals surface area contributed by atoms with E-state index in [1.54, 1.807) is 6.33 Å². The summed E-state index contributed by atoms with van der Waals surface area (Å²) >= 11 is 0. The number of hydrogen-bond acceptors (Lipinski definition) is 5. The highest BCUT2D eigenvalue weighted by atomic mass is 15.2. The van der Waals surface area contributed by atoms with Crippen LogP contribution in [-0.2, 0) is 19.4 Å². The number of anilines is 2. The highest BCUT2D eigenvalue weighted by Gasteiger charge is 2.22. The number of hydrogen-bond donors (Lipinski definition) is 1. The highest BCUT2D eigenvalue weighted by Crippen LogP contribution is 2.34. The van der Waals surface area contributed by atoms with Crippen LogP contribution in [0.4, 0.5) is 11.6 Å². The maximum Gasteiger partial charge on any atom is 0.140 e. The van der Waals surface area contributed by atoms with E-state index in [9.17, 15) is 0 Å². The lowest BCUT2D eigenvalue weighted by molar-refractivity contribution is 0.718. The molecule has 0 saturated heterocycles. The molecule has 1 aliphatic rings. The van der Waals surface area contributed by atoms with E-state index < -0.39 is 0 Å². The molecule has 25 heavy (non-hydrogen) atoms. The first kappa shape index (κ1) is 15.6. The summed E-state index contributed by atoms with van der Waals surface area (Å²) in [5.41, 5.74) is 11.7. The Balaban J connectivity index is 1.79. The summed E-state index contributed by atoms with van der Waals surface area (Å²) in [5.74, 6) is 1.50. The van der Waals surface area contributed by atoms with Gasteiger partial charge in [-0.3, -0.25) is 0 Å². The molecule has 1 aliphatic heterocycles. The largest absolute Gasteiger partial charge is 0.384 e. The molecule has 1 aromatic carbocycles. The van der Waals surface area contributed by atoms with Crippen LogP contribution in [0.3, 0.4) is 0 Å². The van der Waals surface area contributed by atoms with Crippen molar-refractivity contribution < 1.29 is 0 Å². The third kappa shape index (κ3) is 2.93. The zero-order chi connectivity index (χ0) is 17.2. The Labute approximate surface area is 147 Å². The van der Waals surface area contributed by atoms with E-state index in [4.69, 9.17) is 5.73 Å². The quantitative estimate of drug-likeness (QED) is 0.798. The molecule has 0 atom stereocenters. The Kier molecular flexibility index (Phi) is 4.06. The zero-order valence-electron chi connectivity index (χ0n) is 14.3. The summed E-state index contributed by atoms with van der Waals surface area (Å²) in [6, 6.07) is 12.5. The average molecular weight is 331 g/mol. The van der Waals surface area contributed by atoms with Gasteiger partial charge < -0.3 is 10.6 Å². The number of nitrogens with zero attached hydrogens (tertiary/aromatic N) is 4. The fourth-order valence-electron chi connectivity index (χ4n) is 3.44. The summed E-state index contributed by atoms with van der Waals surface area (Å²) in [5, 5.41) is 0. The van der Waals surface area contributed by atoms with Gasteiger partial charge in [-0.05, 0) is 36.1 Å². The fraction of sp³-hybridized carbons (Fsp3) is 0.250. The lowest BCUT2D eigenvalue weighted by Gasteiger charge is -2.31. The maximum atomic E-state index is 5.76. The Morgan fingerprint density at radius 3 is 2.64 bits per heavy atom. The summed E-state index contributed by atoms with van der Waals surface area (Å²) in [4.78, 5) is 15.7. The number of aromatic nitrogens is 3. The Morgan fingerprint density at radius 1 is 1.04 bits per heavy atom. The van der Waals surface area contributed by atoms with Crippen molar-refractivity contribution in [1.29, 1.82) is 0 Å². The molecule has 5 nitrogen and oxygen atoms in total. The van der Waals surface area contributed by atoms with Crippen LogP contribution in [0.15, 0.2) is 48.9 Å². The van der Waals surface area contributed by atoms with Crippen molar-refractivity contribution >= 4 is 11.6 Å². The van der Waals surface area contributed by atoms with Gasteiger partial charge in [-0.1, -0.05) is 31.2 Å². The number of fused-ring (bicyclic) bond motifs is 1. The molecule has 3 heterocycles. The van der Waals surface area contributed by atoms with E-state index in [1.165, 1.54) is 11.1 Å². The molecular weight excluding hydrogens is 310 g/mol. The van der Waals surface area contributed by atoms with Crippen molar-refractivity contribution in [3.8, 4) is 11.1 Å². The first-order valence-electron chi connectivity index (χ1n) is 8.63. The molecule has 0 unspecified atom stereocenters. The Morgan fingerprint density at radius 2 is 1.88 bits per heavy atom. The molecule has 0 bridgehead atoms. The van der Waals surface area contributed by atoms with Gasteiger partial charge in [0.2, 0.25) is 0 Å². The SMILES string of the molecule is CCc1ncnc(N2CCc3ccccc3C2)c1-c1ccc(N)nc1. The van der Waals surface area contributed by atoms with Gasteiger partial charge in [0, 0.05) is 30.4 Å². The Bertz CT molecular complexity index is 889. The number of pyridine rings is 1. The average Bonchev–Trinajstić information content (AvgIpc) is 2.67. The summed E-state index contributed by atoms with van der Waals surface area (Å²) < 4.78 is 0. The molecular formula is C20H21N5. The van der Waals surface area contributed by atoms with E-state index >= 15 is 0 Å². The molecule has 0 aliphatic carbocycles. The second kappa shape index (κ2) is 6.51. The summed E-state index contributed by atoms with van der Waals surface area (Å²) in [6.07, 6.45) is 5.36. The smallest absolute Gasteiger partial charge is 0.140 e. The van der Waals surface area contributed by atoms with Gasteiger partial charge in [-0.2, -0.15) is 0 Å². The highest BCUT2D eigenvalue weighted by molar-refractivity contribution is 5.78. The number of nitrogens with two attached hydrogens (primary N) is 1. The molecule has 0 radical (unpaired) electrons. The maximum absolute atomic E-state index is 5.76. The van der Waals surface area contributed by atoms with Crippen LogP contribution in [0.1, 0.15) is 23.7 Å². The number of rotatable bonds is 3. The first-order valence-corrected chi connectivity index (χ1v) is 8.63. The van der Waals surface area contributed by atoms with E-state index in [0.29, 0.717) is 5.82 Å². The van der Waals surface area contributed by atoms with Gasteiger partial charge in [-0.25, -0.2) is 15.0 Å². The molecule has 2 N–H and O–H groups in total. The monoisotopic (exact) mass is 331 g/mol. The number of nitrogen functional groups attached to an aromatic ring is 1. The Hall–Kier alpha value is -2.95.